The van der Waals surface area contributed by atoms with Crippen molar-refractivity contribution in [3.63, 3.8) is 0 Å². The molecule has 188 valence electrons. The summed E-state index contributed by atoms with van der Waals surface area (Å²) < 4.78 is 30.7. The van der Waals surface area contributed by atoms with E-state index in [2.05, 4.69) is 0 Å². The Balaban J connectivity index is 1.34. The first-order chi connectivity index (χ1) is 17.5. The van der Waals surface area contributed by atoms with Gasteiger partial charge in [-0.15, -0.1) is 11.3 Å². The van der Waals surface area contributed by atoms with Crippen molar-refractivity contribution in [1.29, 1.82) is 0 Å². The van der Waals surface area contributed by atoms with Gasteiger partial charge < -0.3 is 24.0 Å². The SMILES string of the molecule is CCCN(CC(=O)N1CCc2sccc2[C@@H]1COc1ccccc1F)C(=O)c1ccc2c(c1)OCO2. The van der Waals surface area contributed by atoms with Crippen molar-refractivity contribution >= 4 is 23.2 Å². The van der Waals surface area contributed by atoms with E-state index in [0.717, 1.165) is 12.0 Å². The van der Waals surface area contributed by atoms with E-state index < -0.39 is 5.82 Å². The predicted molar refractivity (Wildman–Crippen MR) is 133 cm³/mol. The second-order valence-corrected chi connectivity index (χ2v) is 9.69. The first kappa shape index (κ1) is 24.1. The van der Waals surface area contributed by atoms with Gasteiger partial charge in [0, 0.05) is 23.5 Å². The Morgan fingerprint density at radius 3 is 2.83 bits per heavy atom. The van der Waals surface area contributed by atoms with E-state index in [-0.39, 0.29) is 43.6 Å². The van der Waals surface area contributed by atoms with Gasteiger partial charge in [0.2, 0.25) is 12.7 Å². The molecule has 0 saturated carbocycles. The fourth-order valence-corrected chi connectivity index (χ4v) is 5.52. The number of carbonyl (C=O) groups is 2. The van der Waals surface area contributed by atoms with Crippen LogP contribution in [-0.4, -0.2) is 54.6 Å². The zero-order valence-electron chi connectivity index (χ0n) is 19.9. The average molecular weight is 511 g/mol. The standard InChI is InChI=1S/C27H27FN2O5S/c1-2-11-29(27(32)18-7-8-23-24(14-18)35-17-34-23)15-26(31)30-12-9-25-19(10-13-36-25)21(30)16-33-22-6-4-3-5-20(22)28/h3-8,10,13-14,21H,2,9,11-12,15-17H2,1H3/t21-/m0/s1. The fourth-order valence-electron chi connectivity index (χ4n) is 4.59. The molecule has 7 nitrogen and oxygen atoms in total. The molecule has 2 aliphatic heterocycles. The van der Waals surface area contributed by atoms with Crippen molar-refractivity contribution in [2.75, 3.05) is 33.0 Å². The molecule has 5 rings (SSSR count). The van der Waals surface area contributed by atoms with Crippen LogP contribution < -0.4 is 14.2 Å². The number of rotatable bonds is 8. The van der Waals surface area contributed by atoms with Gasteiger partial charge in [-0.25, -0.2) is 4.39 Å². The normalized spacial score (nSPS) is 15.9. The molecule has 0 unspecified atom stereocenters. The lowest BCUT2D eigenvalue weighted by molar-refractivity contribution is -0.135. The molecule has 2 aliphatic rings. The largest absolute Gasteiger partial charge is 0.488 e. The van der Waals surface area contributed by atoms with Crippen LogP contribution in [-0.2, 0) is 11.2 Å². The Morgan fingerprint density at radius 1 is 1.17 bits per heavy atom. The molecule has 0 aliphatic carbocycles. The lowest BCUT2D eigenvalue weighted by Gasteiger charge is -2.37. The number of fused-ring (bicyclic) bond motifs is 2. The minimum atomic E-state index is -0.444. The number of ether oxygens (including phenoxy) is 3. The van der Waals surface area contributed by atoms with E-state index in [1.165, 1.54) is 10.9 Å². The van der Waals surface area contributed by atoms with Crippen molar-refractivity contribution < 1.29 is 28.2 Å². The summed E-state index contributed by atoms with van der Waals surface area (Å²) in [4.78, 5) is 31.4. The second-order valence-electron chi connectivity index (χ2n) is 8.69. The first-order valence-corrected chi connectivity index (χ1v) is 12.8. The zero-order valence-corrected chi connectivity index (χ0v) is 20.8. The molecule has 3 aromatic rings. The fraction of sp³-hybridized carbons (Fsp3) is 0.333. The van der Waals surface area contributed by atoms with Crippen LogP contribution in [0, 0.1) is 5.82 Å². The van der Waals surface area contributed by atoms with Crippen LogP contribution in [0.25, 0.3) is 0 Å². The maximum Gasteiger partial charge on any atom is 0.254 e. The number of amides is 2. The molecule has 0 spiro atoms. The van der Waals surface area contributed by atoms with Gasteiger partial charge in [0.25, 0.3) is 5.91 Å². The third-order valence-corrected chi connectivity index (χ3v) is 7.37. The van der Waals surface area contributed by atoms with Gasteiger partial charge in [0.05, 0.1) is 6.04 Å². The van der Waals surface area contributed by atoms with Crippen LogP contribution in [0.1, 0.15) is 40.2 Å². The highest BCUT2D eigenvalue weighted by Crippen LogP contribution is 2.35. The van der Waals surface area contributed by atoms with Crippen LogP contribution in [0.5, 0.6) is 17.2 Å². The van der Waals surface area contributed by atoms with Crippen LogP contribution in [0.15, 0.2) is 53.9 Å². The molecule has 36 heavy (non-hydrogen) atoms. The molecular weight excluding hydrogens is 483 g/mol. The third-order valence-electron chi connectivity index (χ3n) is 6.37. The highest BCUT2D eigenvalue weighted by molar-refractivity contribution is 7.10. The van der Waals surface area contributed by atoms with Gasteiger partial charge in [-0.3, -0.25) is 9.59 Å². The Bertz CT molecular complexity index is 1260. The molecule has 3 heterocycles. The number of halogens is 1. The average Bonchev–Trinajstić information content (AvgIpc) is 3.56. The van der Waals surface area contributed by atoms with Gasteiger partial charge in [0.15, 0.2) is 23.1 Å². The van der Waals surface area contributed by atoms with E-state index in [9.17, 15) is 14.0 Å². The highest BCUT2D eigenvalue weighted by Gasteiger charge is 2.34. The molecule has 9 heteroatoms. The number of nitrogens with zero attached hydrogens (tertiary/aromatic N) is 2. The molecule has 2 aromatic carbocycles. The van der Waals surface area contributed by atoms with Crippen LogP contribution >= 0.6 is 11.3 Å². The zero-order chi connectivity index (χ0) is 25.1. The van der Waals surface area contributed by atoms with Crippen molar-refractivity contribution in [1.82, 2.24) is 9.80 Å². The lowest BCUT2D eigenvalue weighted by atomic mass is 10.0. The Kier molecular flexibility index (Phi) is 7.09. The summed E-state index contributed by atoms with van der Waals surface area (Å²) in [5.41, 5.74) is 1.46. The number of hydrogen-bond donors (Lipinski definition) is 0. The Morgan fingerprint density at radius 2 is 2.00 bits per heavy atom. The van der Waals surface area contributed by atoms with Crippen molar-refractivity contribution in [3.05, 3.63) is 75.7 Å². The summed E-state index contributed by atoms with van der Waals surface area (Å²) in [7, 11) is 0. The summed E-state index contributed by atoms with van der Waals surface area (Å²) in [6, 6.07) is 12.9. The number of para-hydroxylation sites is 1. The predicted octanol–water partition coefficient (Wildman–Crippen LogP) is 4.67. The minimum absolute atomic E-state index is 0.0587. The second kappa shape index (κ2) is 10.6. The van der Waals surface area contributed by atoms with E-state index in [1.807, 2.05) is 18.4 Å². The first-order valence-electron chi connectivity index (χ1n) is 12.0. The van der Waals surface area contributed by atoms with E-state index in [0.29, 0.717) is 36.6 Å². The Labute approximate surface area is 213 Å². The highest BCUT2D eigenvalue weighted by atomic mass is 32.1. The molecule has 0 N–H and O–H groups in total. The molecule has 1 atom stereocenters. The van der Waals surface area contributed by atoms with Gasteiger partial charge in [-0.2, -0.15) is 0 Å². The number of benzene rings is 2. The van der Waals surface area contributed by atoms with Crippen LogP contribution in [0.3, 0.4) is 0 Å². The van der Waals surface area contributed by atoms with Gasteiger partial charge in [0.1, 0.15) is 13.2 Å². The van der Waals surface area contributed by atoms with Crippen LogP contribution in [0.2, 0.25) is 0 Å². The maximum atomic E-state index is 14.2. The number of hydrogen-bond acceptors (Lipinski definition) is 6. The Hall–Kier alpha value is -3.59. The van der Waals surface area contributed by atoms with Gasteiger partial charge in [-0.05, 0) is 60.2 Å². The topological polar surface area (TPSA) is 68.3 Å². The van der Waals surface area contributed by atoms with Crippen LogP contribution in [0.4, 0.5) is 4.39 Å². The maximum absolute atomic E-state index is 14.2. The molecule has 0 bridgehead atoms. The third kappa shape index (κ3) is 4.88. The summed E-state index contributed by atoms with van der Waals surface area (Å²) in [5, 5.41) is 2.00. The van der Waals surface area contributed by atoms with E-state index >= 15 is 0 Å². The summed E-state index contributed by atoms with van der Waals surface area (Å²) >= 11 is 1.65. The van der Waals surface area contributed by atoms with Crippen molar-refractivity contribution in [2.24, 2.45) is 0 Å². The lowest BCUT2D eigenvalue weighted by Crippen LogP contribution is -2.48. The van der Waals surface area contributed by atoms with Crippen molar-refractivity contribution in [2.45, 2.75) is 25.8 Å². The number of carbonyl (C=O) groups excluding carboxylic acids is 2. The van der Waals surface area contributed by atoms with Crippen molar-refractivity contribution in [3.8, 4) is 17.2 Å². The quantitative estimate of drug-likeness (QED) is 0.441. The van der Waals surface area contributed by atoms with E-state index in [4.69, 9.17) is 14.2 Å². The summed E-state index contributed by atoms with van der Waals surface area (Å²) in [6.45, 7) is 3.10. The molecule has 0 fully saturated rings. The molecule has 2 amide bonds. The van der Waals surface area contributed by atoms with Gasteiger partial charge >= 0.3 is 0 Å². The molecule has 0 radical (unpaired) electrons. The number of thiophene rings is 1. The summed E-state index contributed by atoms with van der Waals surface area (Å²) in [5.74, 6) is 0.419. The minimum Gasteiger partial charge on any atom is -0.488 e. The molecule has 1 aromatic heterocycles. The monoisotopic (exact) mass is 510 g/mol. The molecule has 0 saturated heterocycles. The summed E-state index contributed by atoms with van der Waals surface area (Å²) in [6.07, 6.45) is 1.44. The smallest absolute Gasteiger partial charge is 0.254 e. The van der Waals surface area contributed by atoms with E-state index in [1.54, 1.807) is 57.5 Å². The molecular formula is C27H27FN2O5S. The van der Waals surface area contributed by atoms with Gasteiger partial charge in [-0.1, -0.05) is 19.1 Å².